The molecule has 7 nitrogen and oxygen atoms in total. The van der Waals surface area contributed by atoms with Gasteiger partial charge in [-0.1, -0.05) is 17.3 Å². The Hall–Kier alpha value is -3.61. The van der Waals surface area contributed by atoms with Crippen LogP contribution in [0.4, 0.5) is 5.69 Å². The Morgan fingerprint density at radius 2 is 1.93 bits per heavy atom. The molecule has 1 aliphatic heterocycles. The van der Waals surface area contributed by atoms with Crippen LogP contribution in [0.3, 0.4) is 0 Å². The van der Waals surface area contributed by atoms with E-state index in [4.69, 9.17) is 4.74 Å². The Kier molecular flexibility index (Phi) is 4.50. The number of anilines is 1. The molecule has 0 aliphatic carbocycles. The van der Waals surface area contributed by atoms with Crippen molar-refractivity contribution in [3.05, 3.63) is 66.1 Å². The van der Waals surface area contributed by atoms with Crippen molar-refractivity contribution in [3.8, 4) is 28.1 Å². The number of hydrogen-bond donors (Lipinski definition) is 1. The molecule has 30 heavy (non-hydrogen) atoms. The predicted molar refractivity (Wildman–Crippen MR) is 116 cm³/mol. The van der Waals surface area contributed by atoms with Gasteiger partial charge in [-0.25, -0.2) is 4.68 Å². The Balaban J connectivity index is 1.59. The lowest BCUT2D eigenvalue weighted by molar-refractivity contribution is 0.415. The number of ether oxygens (including phenoxy) is 1. The van der Waals surface area contributed by atoms with Gasteiger partial charge in [-0.05, 0) is 54.8 Å². The van der Waals surface area contributed by atoms with Crippen LogP contribution in [0.2, 0.25) is 0 Å². The first-order chi connectivity index (χ1) is 14.6. The van der Waals surface area contributed by atoms with Crippen LogP contribution in [0.1, 0.15) is 23.7 Å². The van der Waals surface area contributed by atoms with E-state index in [0.717, 1.165) is 46.9 Å². The summed E-state index contributed by atoms with van der Waals surface area (Å²) in [5.74, 6) is 0.850. The van der Waals surface area contributed by atoms with E-state index >= 15 is 0 Å². The van der Waals surface area contributed by atoms with E-state index in [9.17, 15) is 0 Å². The van der Waals surface area contributed by atoms with Crippen LogP contribution in [0.15, 0.2) is 54.9 Å². The normalized spacial score (nSPS) is 15.2. The fraction of sp³-hybridized carbons (Fsp3) is 0.261. The summed E-state index contributed by atoms with van der Waals surface area (Å²) in [6, 6.07) is 14.8. The van der Waals surface area contributed by atoms with E-state index < -0.39 is 0 Å². The Bertz CT molecular complexity index is 1190. The summed E-state index contributed by atoms with van der Waals surface area (Å²) in [4.78, 5) is 0. The minimum Gasteiger partial charge on any atom is -0.497 e. The topological polar surface area (TPSA) is 69.8 Å². The van der Waals surface area contributed by atoms with Gasteiger partial charge in [-0.2, -0.15) is 5.10 Å². The van der Waals surface area contributed by atoms with Crippen molar-refractivity contribution in [3.63, 3.8) is 0 Å². The molecule has 1 N–H and O–H groups in total. The fourth-order valence-electron chi connectivity index (χ4n) is 4.15. The van der Waals surface area contributed by atoms with E-state index in [0.29, 0.717) is 0 Å². The van der Waals surface area contributed by atoms with Gasteiger partial charge in [0.05, 0.1) is 30.7 Å². The highest BCUT2D eigenvalue weighted by Gasteiger charge is 2.25. The van der Waals surface area contributed by atoms with Gasteiger partial charge in [0.1, 0.15) is 5.75 Å². The first-order valence-electron chi connectivity index (χ1n) is 10.1. The quantitative estimate of drug-likeness (QED) is 0.555. The molecule has 2 aromatic heterocycles. The molecule has 2 aromatic carbocycles. The maximum atomic E-state index is 5.29. The number of rotatable bonds is 4. The van der Waals surface area contributed by atoms with E-state index in [2.05, 4.69) is 51.1 Å². The Morgan fingerprint density at radius 3 is 2.67 bits per heavy atom. The van der Waals surface area contributed by atoms with Gasteiger partial charge in [0, 0.05) is 36.6 Å². The number of methoxy groups -OCH3 is 1. The third-order valence-corrected chi connectivity index (χ3v) is 5.68. The second-order valence-corrected chi connectivity index (χ2v) is 7.67. The maximum absolute atomic E-state index is 5.29. The van der Waals surface area contributed by atoms with Gasteiger partial charge in [0.15, 0.2) is 0 Å². The number of nitrogens with zero attached hydrogens (tertiary/aromatic N) is 5. The third kappa shape index (κ3) is 3.22. The summed E-state index contributed by atoms with van der Waals surface area (Å²) in [6.45, 7) is 2.83. The van der Waals surface area contributed by atoms with Gasteiger partial charge in [-0.15, -0.1) is 5.10 Å². The minimum absolute atomic E-state index is 0.145. The summed E-state index contributed by atoms with van der Waals surface area (Å²) in [7, 11) is 3.62. The number of aromatic nitrogens is 5. The zero-order valence-corrected chi connectivity index (χ0v) is 17.3. The Labute approximate surface area is 175 Å². The lowest BCUT2D eigenvalue weighted by atomic mass is 9.93. The van der Waals surface area contributed by atoms with Gasteiger partial charge in [0.25, 0.3) is 0 Å². The second-order valence-electron chi connectivity index (χ2n) is 7.67. The molecule has 0 saturated carbocycles. The largest absolute Gasteiger partial charge is 0.497 e. The molecule has 0 saturated heterocycles. The minimum atomic E-state index is 0.145. The number of hydrogen-bond acceptors (Lipinski definition) is 5. The fourth-order valence-corrected chi connectivity index (χ4v) is 4.15. The molecule has 0 fully saturated rings. The SMILES string of the molecule is COc1ccc(NC2CCn3nnc(C)c3-c3ccc(-c4cnn(C)c4)cc32)cc1. The van der Waals surface area contributed by atoms with Crippen molar-refractivity contribution in [1.82, 2.24) is 24.8 Å². The zero-order valence-electron chi connectivity index (χ0n) is 17.3. The molecular weight excluding hydrogens is 376 g/mol. The summed E-state index contributed by atoms with van der Waals surface area (Å²) >= 11 is 0. The standard InChI is InChI=1S/C23H24N6O/c1-15-23-20-9-4-16(17-13-24-28(2)14-17)12-21(20)22(10-11-29(23)27-26-15)25-18-5-7-19(30-3)8-6-18/h4-9,12-14,22,25H,10-11H2,1-3H3. The van der Waals surface area contributed by atoms with E-state index in [1.165, 1.54) is 11.1 Å². The van der Waals surface area contributed by atoms with Crippen molar-refractivity contribution in [2.45, 2.75) is 25.9 Å². The monoisotopic (exact) mass is 400 g/mol. The van der Waals surface area contributed by atoms with Crippen LogP contribution in [-0.4, -0.2) is 31.9 Å². The predicted octanol–water partition coefficient (Wildman–Crippen LogP) is 4.22. The molecule has 0 radical (unpaired) electrons. The van der Waals surface area contributed by atoms with Crippen LogP contribution in [0, 0.1) is 6.92 Å². The summed E-state index contributed by atoms with van der Waals surface area (Å²) in [6.07, 6.45) is 4.86. The van der Waals surface area contributed by atoms with E-state index in [1.54, 1.807) is 7.11 Å². The first kappa shape index (κ1) is 18.4. The average molecular weight is 400 g/mol. The van der Waals surface area contributed by atoms with Crippen molar-refractivity contribution in [1.29, 1.82) is 0 Å². The molecular formula is C23H24N6O. The molecule has 3 heterocycles. The molecule has 4 aromatic rings. The van der Waals surface area contributed by atoms with Crippen LogP contribution in [0.25, 0.3) is 22.4 Å². The molecule has 0 bridgehead atoms. The maximum Gasteiger partial charge on any atom is 0.119 e. The zero-order chi connectivity index (χ0) is 20.7. The van der Waals surface area contributed by atoms with E-state index in [-0.39, 0.29) is 6.04 Å². The van der Waals surface area contributed by atoms with Crippen LogP contribution < -0.4 is 10.1 Å². The highest BCUT2D eigenvalue weighted by molar-refractivity contribution is 5.74. The highest BCUT2D eigenvalue weighted by atomic mass is 16.5. The van der Waals surface area contributed by atoms with Crippen molar-refractivity contribution >= 4 is 5.69 Å². The molecule has 1 aliphatic rings. The molecule has 1 atom stereocenters. The summed E-state index contributed by atoms with van der Waals surface area (Å²) < 4.78 is 9.14. The molecule has 5 rings (SSSR count). The van der Waals surface area contributed by atoms with Crippen LogP contribution >= 0.6 is 0 Å². The summed E-state index contributed by atoms with van der Waals surface area (Å²) in [5.41, 5.74) is 7.80. The van der Waals surface area contributed by atoms with Crippen molar-refractivity contribution < 1.29 is 4.74 Å². The van der Waals surface area contributed by atoms with Crippen molar-refractivity contribution in [2.24, 2.45) is 7.05 Å². The van der Waals surface area contributed by atoms with Gasteiger partial charge in [-0.3, -0.25) is 4.68 Å². The van der Waals surface area contributed by atoms with Gasteiger partial charge < -0.3 is 10.1 Å². The number of fused-ring (bicyclic) bond motifs is 3. The average Bonchev–Trinajstić information content (AvgIpc) is 3.32. The molecule has 0 amide bonds. The third-order valence-electron chi connectivity index (χ3n) is 5.68. The number of aryl methyl sites for hydroxylation is 3. The second kappa shape index (κ2) is 7.33. The smallest absolute Gasteiger partial charge is 0.119 e. The van der Waals surface area contributed by atoms with Crippen LogP contribution in [-0.2, 0) is 13.6 Å². The molecule has 1 unspecified atom stereocenters. The lowest BCUT2D eigenvalue weighted by Crippen LogP contribution is -2.12. The number of nitrogens with one attached hydrogen (secondary N) is 1. The van der Waals surface area contributed by atoms with Gasteiger partial charge in [0.2, 0.25) is 0 Å². The van der Waals surface area contributed by atoms with Crippen LogP contribution in [0.5, 0.6) is 5.75 Å². The van der Waals surface area contributed by atoms with Gasteiger partial charge >= 0.3 is 0 Å². The highest BCUT2D eigenvalue weighted by Crippen LogP contribution is 2.39. The Morgan fingerprint density at radius 1 is 1.10 bits per heavy atom. The van der Waals surface area contributed by atoms with Crippen molar-refractivity contribution in [2.75, 3.05) is 12.4 Å². The molecule has 152 valence electrons. The molecule has 7 heteroatoms. The van der Waals surface area contributed by atoms with E-state index in [1.807, 2.05) is 47.9 Å². The first-order valence-corrected chi connectivity index (χ1v) is 10.1. The summed E-state index contributed by atoms with van der Waals surface area (Å²) in [5, 5.41) is 16.7. The lowest BCUT2D eigenvalue weighted by Gasteiger charge is -2.21. The number of benzene rings is 2. The molecule has 0 spiro atoms.